The number of hydrogen-bond donors (Lipinski definition) is 0. The summed E-state index contributed by atoms with van der Waals surface area (Å²) >= 11 is 0. The Morgan fingerprint density at radius 3 is 3.12 bits per heavy atom. The van der Waals surface area contributed by atoms with E-state index in [0.717, 1.165) is 25.0 Å². The predicted octanol–water partition coefficient (Wildman–Crippen LogP) is 2.90. The Bertz CT molecular complexity index is 719. The van der Waals surface area contributed by atoms with Crippen LogP contribution in [0, 0.1) is 5.92 Å². The molecule has 26 heavy (non-hydrogen) atoms. The van der Waals surface area contributed by atoms with E-state index in [1.165, 1.54) is 6.26 Å². The molecule has 1 spiro atoms. The lowest BCUT2D eigenvalue weighted by atomic mass is 9.89. The summed E-state index contributed by atoms with van der Waals surface area (Å²) in [7, 11) is 0. The van der Waals surface area contributed by atoms with Gasteiger partial charge in [-0.25, -0.2) is 0 Å². The van der Waals surface area contributed by atoms with Crippen molar-refractivity contribution in [1.82, 2.24) is 9.88 Å². The zero-order valence-electron chi connectivity index (χ0n) is 14.8. The van der Waals surface area contributed by atoms with Gasteiger partial charge in [0.2, 0.25) is 0 Å². The highest BCUT2D eigenvalue weighted by molar-refractivity contribution is 5.91. The molecular formula is C20H24N2O4. The second kappa shape index (κ2) is 7.60. The molecule has 0 bridgehead atoms. The molecule has 1 saturated heterocycles. The second-order valence-corrected chi connectivity index (χ2v) is 7.04. The molecule has 1 aliphatic heterocycles. The third-order valence-electron chi connectivity index (χ3n) is 5.42. The lowest BCUT2D eigenvalue weighted by molar-refractivity contribution is -0.134. The molecule has 0 N–H and O–H groups in total. The number of furan rings is 1. The number of rotatable bonds is 5. The van der Waals surface area contributed by atoms with Crippen LogP contribution in [-0.2, 0) is 16.1 Å². The first-order valence-corrected chi connectivity index (χ1v) is 9.21. The molecule has 6 heteroatoms. The number of ether oxygens (including phenoxy) is 2. The van der Waals surface area contributed by atoms with Crippen LogP contribution >= 0.6 is 0 Å². The van der Waals surface area contributed by atoms with Crippen LogP contribution in [0.15, 0.2) is 47.2 Å². The molecule has 2 aromatic rings. The van der Waals surface area contributed by atoms with Gasteiger partial charge in [0.1, 0.15) is 0 Å². The molecule has 3 heterocycles. The van der Waals surface area contributed by atoms with Crippen molar-refractivity contribution < 1.29 is 18.7 Å². The quantitative estimate of drug-likeness (QED) is 0.824. The van der Waals surface area contributed by atoms with Gasteiger partial charge in [-0.3, -0.25) is 9.78 Å². The van der Waals surface area contributed by atoms with Crippen molar-refractivity contribution in [3.8, 4) is 0 Å². The number of hydrogen-bond acceptors (Lipinski definition) is 5. The fourth-order valence-electron chi connectivity index (χ4n) is 4.07. The van der Waals surface area contributed by atoms with Gasteiger partial charge in [-0.15, -0.1) is 0 Å². The van der Waals surface area contributed by atoms with Gasteiger partial charge in [-0.05, 0) is 37.1 Å². The smallest absolute Gasteiger partial charge is 0.289 e. The van der Waals surface area contributed by atoms with Crippen molar-refractivity contribution in [2.24, 2.45) is 5.92 Å². The minimum absolute atomic E-state index is 0.0577. The van der Waals surface area contributed by atoms with Crippen LogP contribution in [0.5, 0.6) is 0 Å². The Kier molecular flexibility index (Phi) is 5.04. The molecule has 0 aromatic carbocycles. The Labute approximate surface area is 153 Å². The predicted molar refractivity (Wildman–Crippen MR) is 94.5 cm³/mol. The van der Waals surface area contributed by atoms with Crippen molar-refractivity contribution in [3.63, 3.8) is 0 Å². The fraction of sp³-hybridized carbons (Fsp3) is 0.500. The summed E-state index contributed by atoms with van der Waals surface area (Å²) in [6.45, 7) is 2.89. The van der Waals surface area contributed by atoms with Crippen LogP contribution in [0.2, 0.25) is 0 Å². The molecule has 2 aromatic heterocycles. The van der Waals surface area contributed by atoms with Crippen LogP contribution in [0.4, 0.5) is 0 Å². The lowest BCUT2D eigenvalue weighted by Crippen LogP contribution is -2.56. The molecule has 0 unspecified atom stereocenters. The Hall–Kier alpha value is -2.18. The molecule has 138 valence electrons. The maximum atomic E-state index is 12.6. The molecule has 0 radical (unpaired) electrons. The van der Waals surface area contributed by atoms with E-state index in [9.17, 15) is 4.79 Å². The Morgan fingerprint density at radius 2 is 2.31 bits per heavy atom. The summed E-state index contributed by atoms with van der Waals surface area (Å²) in [5, 5.41) is 0. The Balaban J connectivity index is 1.38. The van der Waals surface area contributed by atoms with Crippen molar-refractivity contribution in [2.75, 3.05) is 26.3 Å². The maximum absolute atomic E-state index is 12.6. The first-order valence-electron chi connectivity index (χ1n) is 9.21. The van der Waals surface area contributed by atoms with Crippen LogP contribution in [0.25, 0.3) is 0 Å². The SMILES string of the molecule is O=C(c1ccco1)N1CCO[C@]2(CCC[C@@H]2COCc2ccccn2)C1. The zero-order chi connectivity index (χ0) is 17.8. The van der Waals surface area contributed by atoms with E-state index < -0.39 is 0 Å². The van der Waals surface area contributed by atoms with Gasteiger partial charge < -0.3 is 18.8 Å². The van der Waals surface area contributed by atoms with Crippen molar-refractivity contribution >= 4 is 5.91 Å². The van der Waals surface area contributed by atoms with Gasteiger partial charge in [0.15, 0.2) is 5.76 Å². The standard InChI is InChI=1S/C20H24N2O4/c23-19(18-7-4-11-25-18)22-10-12-26-20(15-22)8-3-5-16(20)13-24-14-17-6-1-2-9-21-17/h1-2,4,6-7,9,11,16H,3,5,8,10,12-15H2/t16-,20-/m1/s1. The normalized spacial score (nSPS) is 25.7. The van der Waals surface area contributed by atoms with E-state index >= 15 is 0 Å². The monoisotopic (exact) mass is 356 g/mol. The molecular weight excluding hydrogens is 332 g/mol. The number of amides is 1. The topological polar surface area (TPSA) is 64.8 Å². The van der Waals surface area contributed by atoms with E-state index in [4.69, 9.17) is 13.9 Å². The summed E-state index contributed by atoms with van der Waals surface area (Å²) in [5.74, 6) is 0.624. The average molecular weight is 356 g/mol. The number of nitrogens with zero attached hydrogens (tertiary/aromatic N) is 2. The van der Waals surface area contributed by atoms with Crippen molar-refractivity contribution in [3.05, 3.63) is 54.2 Å². The van der Waals surface area contributed by atoms with Gasteiger partial charge >= 0.3 is 0 Å². The fourth-order valence-corrected chi connectivity index (χ4v) is 4.07. The number of carbonyl (C=O) groups is 1. The van der Waals surface area contributed by atoms with E-state index in [0.29, 0.717) is 44.6 Å². The third kappa shape index (κ3) is 3.52. The minimum Gasteiger partial charge on any atom is -0.459 e. The molecule has 2 fully saturated rings. The lowest BCUT2D eigenvalue weighted by Gasteiger charge is -2.43. The summed E-state index contributed by atoms with van der Waals surface area (Å²) in [6.07, 6.45) is 6.43. The largest absolute Gasteiger partial charge is 0.459 e. The summed E-state index contributed by atoms with van der Waals surface area (Å²) in [4.78, 5) is 18.8. The molecule has 1 saturated carbocycles. The van der Waals surface area contributed by atoms with Crippen LogP contribution < -0.4 is 0 Å². The van der Waals surface area contributed by atoms with E-state index in [1.54, 1.807) is 18.3 Å². The van der Waals surface area contributed by atoms with Gasteiger partial charge in [0.25, 0.3) is 5.91 Å². The highest BCUT2D eigenvalue weighted by Gasteiger charge is 2.48. The van der Waals surface area contributed by atoms with E-state index in [-0.39, 0.29) is 11.5 Å². The van der Waals surface area contributed by atoms with Crippen LogP contribution in [-0.4, -0.2) is 47.7 Å². The molecule has 1 amide bonds. The number of morpholine rings is 1. The number of pyridine rings is 1. The van der Waals surface area contributed by atoms with E-state index in [2.05, 4.69) is 4.98 Å². The molecule has 4 rings (SSSR count). The van der Waals surface area contributed by atoms with Crippen molar-refractivity contribution in [2.45, 2.75) is 31.5 Å². The van der Waals surface area contributed by atoms with Gasteiger partial charge in [-0.1, -0.05) is 12.5 Å². The second-order valence-electron chi connectivity index (χ2n) is 7.04. The zero-order valence-corrected chi connectivity index (χ0v) is 14.8. The van der Waals surface area contributed by atoms with Crippen LogP contribution in [0.1, 0.15) is 35.5 Å². The number of carbonyl (C=O) groups excluding carboxylic acids is 1. The molecule has 1 aliphatic carbocycles. The first kappa shape index (κ1) is 17.2. The Morgan fingerprint density at radius 1 is 1.35 bits per heavy atom. The first-order chi connectivity index (χ1) is 12.8. The summed E-state index contributed by atoms with van der Waals surface area (Å²) in [5.41, 5.74) is 0.628. The third-order valence-corrected chi connectivity index (χ3v) is 5.42. The summed E-state index contributed by atoms with van der Waals surface area (Å²) in [6, 6.07) is 9.28. The van der Waals surface area contributed by atoms with Gasteiger partial charge in [0, 0.05) is 18.7 Å². The molecule has 2 atom stereocenters. The highest BCUT2D eigenvalue weighted by atomic mass is 16.5. The van der Waals surface area contributed by atoms with Crippen molar-refractivity contribution in [1.29, 1.82) is 0 Å². The van der Waals surface area contributed by atoms with E-state index in [1.807, 2.05) is 23.1 Å². The summed E-state index contributed by atoms with van der Waals surface area (Å²) < 4.78 is 17.4. The van der Waals surface area contributed by atoms with Gasteiger partial charge in [0.05, 0.1) is 43.9 Å². The molecule has 2 aliphatic rings. The maximum Gasteiger partial charge on any atom is 0.289 e. The molecule has 6 nitrogen and oxygen atoms in total. The number of aromatic nitrogens is 1. The van der Waals surface area contributed by atoms with Crippen LogP contribution in [0.3, 0.4) is 0 Å². The highest BCUT2D eigenvalue weighted by Crippen LogP contribution is 2.41. The average Bonchev–Trinajstić information content (AvgIpc) is 3.33. The minimum atomic E-state index is -0.301. The van der Waals surface area contributed by atoms with Gasteiger partial charge in [-0.2, -0.15) is 0 Å².